The fraction of sp³-hybridized carbons (Fsp3) is 0.300. The van der Waals surface area contributed by atoms with Gasteiger partial charge in [0.1, 0.15) is 5.75 Å². The van der Waals surface area contributed by atoms with Crippen molar-refractivity contribution in [3.05, 3.63) is 60.2 Å². The fourth-order valence-corrected chi connectivity index (χ4v) is 3.01. The molecular weight excluding hydrogens is 348 g/mol. The van der Waals surface area contributed by atoms with E-state index in [0.29, 0.717) is 18.0 Å². The van der Waals surface area contributed by atoms with Crippen LogP contribution in [-0.2, 0) is 9.59 Å². The van der Waals surface area contributed by atoms with Gasteiger partial charge in [-0.15, -0.1) is 11.8 Å². The van der Waals surface area contributed by atoms with Crippen molar-refractivity contribution in [1.29, 1.82) is 0 Å². The number of carbonyl (C=O) groups is 2. The molecule has 0 aliphatic carbocycles. The van der Waals surface area contributed by atoms with E-state index in [1.54, 1.807) is 6.07 Å². The quantitative estimate of drug-likeness (QED) is 0.705. The predicted octanol–water partition coefficient (Wildman–Crippen LogP) is 3.63. The lowest BCUT2D eigenvalue weighted by atomic mass is 10.1. The van der Waals surface area contributed by atoms with Crippen LogP contribution in [0.2, 0.25) is 0 Å². The van der Waals surface area contributed by atoms with Gasteiger partial charge in [-0.05, 0) is 31.5 Å². The number of nitrogens with one attached hydrogen (secondary N) is 2. The zero-order valence-corrected chi connectivity index (χ0v) is 15.8. The lowest BCUT2D eigenvalue weighted by molar-refractivity contribution is -0.119. The van der Waals surface area contributed by atoms with Crippen LogP contribution in [-0.4, -0.2) is 29.9 Å². The van der Waals surface area contributed by atoms with Gasteiger partial charge < -0.3 is 15.4 Å². The van der Waals surface area contributed by atoms with Gasteiger partial charge in [0.25, 0.3) is 0 Å². The molecule has 2 rings (SSSR count). The molecular formula is C20H24N2O3S. The van der Waals surface area contributed by atoms with E-state index in [0.717, 1.165) is 5.56 Å². The number of anilines is 1. The highest BCUT2D eigenvalue weighted by molar-refractivity contribution is 8.00. The molecule has 0 aromatic heterocycles. The van der Waals surface area contributed by atoms with Gasteiger partial charge in [0.05, 0.1) is 29.8 Å². The molecule has 2 aromatic rings. The Bertz CT molecular complexity index is 722. The Morgan fingerprint density at radius 2 is 1.65 bits per heavy atom. The molecule has 0 bridgehead atoms. The van der Waals surface area contributed by atoms with E-state index in [2.05, 4.69) is 10.6 Å². The average Bonchev–Trinajstić information content (AvgIpc) is 2.64. The van der Waals surface area contributed by atoms with E-state index in [-0.39, 0.29) is 29.4 Å². The smallest absolute Gasteiger partial charge is 0.234 e. The topological polar surface area (TPSA) is 67.4 Å². The van der Waals surface area contributed by atoms with E-state index in [9.17, 15) is 9.59 Å². The summed E-state index contributed by atoms with van der Waals surface area (Å²) in [7, 11) is 0. The maximum atomic E-state index is 12.1. The summed E-state index contributed by atoms with van der Waals surface area (Å²) in [5.41, 5.74) is 1.69. The number of hydrogen-bond donors (Lipinski definition) is 2. The number of thioether (sulfide) groups is 1. The van der Waals surface area contributed by atoms with Crippen molar-refractivity contribution >= 4 is 29.3 Å². The third-order valence-electron chi connectivity index (χ3n) is 3.60. The molecule has 1 unspecified atom stereocenters. The van der Waals surface area contributed by atoms with Gasteiger partial charge in [-0.2, -0.15) is 0 Å². The minimum Gasteiger partial charge on any atom is -0.492 e. The first-order chi connectivity index (χ1) is 12.6. The standard InChI is InChI=1S/C20H24N2O3S/c1-3-25-18-12-8-7-11-17(18)22-20(24)14-26-13-19(23)21-15(2)16-9-5-4-6-10-16/h4-12,15H,3,13-14H2,1-2H3,(H,21,23)(H,22,24). The minimum atomic E-state index is -0.161. The van der Waals surface area contributed by atoms with Gasteiger partial charge in [0.15, 0.2) is 0 Å². The van der Waals surface area contributed by atoms with E-state index in [4.69, 9.17) is 4.74 Å². The van der Waals surface area contributed by atoms with Gasteiger partial charge in [0.2, 0.25) is 11.8 Å². The lowest BCUT2D eigenvalue weighted by Crippen LogP contribution is -2.28. The van der Waals surface area contributed by atoms with Crippen LogP contribution in [0.25, 0.3) is 0 Å². The summed E-state index contributed by atoms with van der Waals surface area (Å²) in [4.78, 5) is 24.1. The van der Waals surface area contributed by atoms with Gasteiger partial charge in [-0.3, -0.25) is 9.59 Å². The molecule has 0 aliphatic heterocycles. The van der Waals surface area contributed by atoms with E-state index >= 15 is 0 Å². The fourth-order valence-electron chi connectivity index (χ4n) is 2.38. The highest BCUT2D eigenvalue weighted by Gasteiger charge is 2.11. The monoisotopic (exact) mass is 372 g/mol. The Kier molecular flexibility index (Phi) is 8.02. The number of rotatable bonds is 9. The Morgan fingerprint density at radius 1 is 1.00 bits per heavy atom. The Labute approximate surface area is 158 Å². The summed E-state index contributed by atoms with van der Waals surface area (Å²) in [5, 5.41) is 5.75. The second kappa shape index (κ2) is 10.5. The number of amides is 2. The summed E-state index contributed by atoms with van der Waals surface area (Å²) in [6.45, 7) is 4.36. The van der Waals surface area contributed by atoms with Gasteiger partial charge in [-0.25, -0.2) is 0 Å². The van der Waals surface area contributed by atoms with Gasteiger partial charge in [0, 0.05) is 0 Å². The molecule has 26 heavy (non-hydrogen) atoms. The van der Waals surface area contributed by atoms with Crippen molar-refractivity contribution in [1.82, 2.24) is 5.32 Å². The zero-order valence-electron chi connectivity index (χ0n) is 15.0. The van der Waals surface area contributed by atoms with Crippen molar-refractivity contribution in [2.75, 3.05) is 23.4 Å². The molecule has 0 aliphatic rings. The summed E-state index contributed by atoms with van der Waals surface area (Å²) in [6, 6.07) is 17.0. The number of para-hydroxylation sites is 2. The molecule has 0 spiro atoms. The lowest BCUT2D eigenvalue weighted by Gasteiger charge is -2.14. The Balaban J connectivity index is 1.73. The maximum Gasteiger partial charge on any atom is 0.234 e. The van der Waals surface area contributed by atoms with Crippen molar-refractivity contribution < 1.29 is 14.3 Å². The van der Waals surface area contributed by atoms with Crippen LogP contribution in [0.5, 0.6) is 5.75 Å². The first-order valence-electron chi connectivity index (χ1n) is 8.54. The third kappa shape index (κ3) is 6.44. The van der Waals surface area contributed by atoms with Crippen LogP contribution in [0.15, 0.2) is 54.6 Å². The van der Waals surface area contributed by atoms with E-state index in [1.807, 2.05) is 62.4 Å². The number of carbonyl (C=O) groups excluding carboxylic acids is 2. The van der Waals surface area contributed by atoms with Crippen molar-refractivity contribution in [3.8, 4) is 5.75 Å². The summed E-state index contributed by atoms with van der Waals surface area (Å²) in [5.74, 6) is 0.827. The van der Waals surface area contributed by atoms with Gasteiger partial charge in [-0.1, -0.05) is 42.5 Å². The second-order valence-corrected chi connectivity index (χ2v) is 6.66. The number of benzene rings is 2. The summed E-state index contributed by atoms with van der Waals surface area (Å²) < 4.78 is 5.48. The predicted molar refractivity (Wildman–Crippen MR) is 107 cm³/mol. The minimum absolute atomic E-state index is 0.0591. The molecule has 0 radical (unpaired) electrons. The van der Waals surface area contributed by atoms with Crippen LogP contribution < -0.4 is 15.4 Å². The van der Waals surface area contributed by atoms with Crippen LogP contribution in [0.3, 0.4) is 0 Å². The molecule has 2 N–H and O–H groups in total. The van der Waals surface area contributed by atoms with Crippen molar-refractivity contribution in [3.63, 3.8) is 0 Å². The van der Waals surface area contributed by atoms with Crippen molar-refractivity contribution in [2.24, 2.45) is 0 Å². The van der Waals surface area contributed by atoms with Crippen LogP contribution >= 0.6 is 11.8 Å². The Morgan fingerprint density at radius 3 is 2.38 bits per heavy atom. The average molecular weight is 372 g/mol. The van der Waals surface area contributed by atoms with Crippen LogP contribution in [0.1, 0.15) is 25.5 Å². The molecule has 2 aromatic carbocycles. The number of ether oxygens (including phenoxy) is 1. The van der Waals surface area contributed by atoms with Gasteiger partial charge >= 0.3 is 0 Å². The Hall–Kier alpha value is -2.47. The molecule has 1 atom stereocenters. The van der Waals surface area contributed by atoms with E-state index in [1.165, 1.54) is 11.8 Å². The SMILES string of the molecule is CCOc1ccccc1NC(=O)CSCC(=O)NC(C)c1ccccc1. The molecule has 138 valence electrons. The van der Waals surface area contributed by atoms with Crippen LogP contribution in [0.4, 0.5) is 5.69 Å². The molecule has 2 amide bonds. The highest BCUT2D eigenvalue weighted by atomic mass is 32.2. The normalized spacial score (nSPS) is 11.5. The van der Waals surface area contributed by atoms with Crippen LogP contribution in [0, 0.1) is 0 Å². The van der Waals surface area contributed by atoms with Crippen molar-refractivity contribution in [2.45, 2.75) is 19.9 Å². The molecule has 0 heterocycles. The zero-order chi connectivity index (χ0) is 18.8. The number of hydrogen-bond acceptors (Lipinski definition) is 4. The molecule has 0 saturated carbocycles. The maximum absolute atomic E-state index is 12.1. The first kappa shape index (κ1) is 19.8. The summed E-state index contributed by atoms with van der Waals surface area (Å²) in [6.07, 6.45) is 0. The highest BCUT2D eigenvalue weighted by Crippen LogP contribution is 2.23. The first-order valence-corrected chi connectivity index (χ1v) is 9.69. The third-order valence-corrected chi connectivity index (χ3v) is 4.54. The summed E-state index contributed by atoms with van der Waals surface area (Å²) >= 11 is 1.28. The second-order valence-electron chi connectivity index (χ2n) is 5.67. The molecule has 5 nitrogen and oxygen atoms in total. The van der Waals surface area contributed by atoms with E-state index < -0.39 is 0 Å². The molecule has 0 saturated heterocycles. The molecule has 0 fully saturated rings. The molecule has 6 heteroatoms. The largest absolute Gasteiger partial charge is 0.492 e.